The Hall–Kier alpha value is -0.470. The van der Waals surface area contributed by atoms with Crippen LogP contribution in [0.2, 0.25) is 0 Å². The van der Waals surface area contributed by atoms with Gasteiger partial charge in [-0.25, -0.2) is 8.78 Å². The first-order valence-electron chi connectivity index (χ1n) is 4.84. The van der Waals surface area contributed by atoms with Gasteiger partial charge >= 0.3 is 0 Å². The van der Waals surface area contributed by atoms with Gasteiger partial charge in [0, 0.05) is 6.42 Å². The lowest BCUT2D eigenvalue weighted by atomic mass is 9.72. The van der Waals surface area contributed by atoms with Crippen molar-refractivity contribution in [3.8, 4) is 0 Å². The van der Waals surface area contributed by atoms with Gasteiger partial charge in [0.2, 0.25) is 0 Å². The third kappa shape index (κ3) is 3.05. The molecule has 0 spiro atoms. The molecule has 0 unspecified atom stereocenters. The second-order valence-corrected chi connectivity index (χ2v) is 4.32. The van der Waals surface area contributed by atoms with Crippen LogP contribution >= 0.6 is 0 Å². The first-order valence-corrected chi connectivity index (χ1v) is 4.84. The Morgan fingerprint density at radius 1 is 1.31 bits per heavy atom. The van der Waals surface area contributed by atoms with Crippen molar-refractivity contribution in [2.45, 2.75) is 51.9 Å². The molecule has 0 bridgehead atoms. The molecule has 0 aliphatic heterocycles. The zero-order chi connectivity index (χ0) is 9.90. The Bertz CT molecular complexity index is 183. The van der Waals surface area contributed by atoms with Crippen molar-refractivity contribution in [3.05, 3.63) is 0 Å². The van der Waals surface area contributed by atoms with Gasteiger partial charge in [-0.3, -0.25) is 4.79 Å². The number of alkyl halides is 2. The zero-order valence-corrected chi connectivity index (χ0v) is 7.98. The normalized spacial score (nSPS) is 21.8. The number of hydrogen-bond acceptors (Lipinski definition) is 1. The third-order valence-corrected chi connectivity index (χ3v) is 2.91. The van der Waals surface area contributed by atoms with Crippen LogP contribution in [0.3, 0.4) is 0 Å². The van der Waals surface area contributed by atoms with Gasteiger partial charge in [0.1, 0.15) is 0 Å². The summed E-state index contributed by atoms with van der Waals surface area (Å²) in [7, 11) is 0. The van der Waals surface area contributed by atoms with Crippen molar-refractivity contribution < 1.29 is 13.6 Å². The number of halogens is 2. The average Bonchev–Trinajstić information content (AvgIpc) is 2.04. The van der Waals surface area contributed by atoms with E-state index in [1.807, 2.05) is 6.92 Å². The average molecular weight is 190 g/mol. The van der Waals surface area contributed by atoms with Gasteiger partial charge in [-0.15, -0.1) is 0 Å². The number of hydrogen-bond donors (Lipinski definition) is 0. The molecule has 1 saturated carbocycles. The molecule has 0 aromatic carbocycles. The van der Waals surface area contributed by atoms with E-state index in [9.17, 15) is 13.6 Å². The van der Waals surface area contributed by atoms with E-state index >= 15 is 0 Å². The SMILES string of the molecule is CC1(CC(=O)C(F)F)CCCCC1. The van der Waals surface area contributed by atoms with Crippen LogP contribution in [-0.4, -0.2) is 12.2 Å². The highest BCUT2D eigenvalue weighted by molar-refractivity contribution is 5.82. The van der Waals surface area contributed by atoms with Crippen molar-refractivity contribution in [1.29, 1.82) is 0 Å². The highest BCUT2D eigenvalue weighted by atomic mass is 19.3. The molecule has 1 fully saturated rings. The molecule has 0 heterocycles. The molecule has 0 N–H and O–H groups in total. The second-order valence-electron chi connectivity index (χ2n) is 4.32. The van der Waals surface area contributed by atoms with Crippen molar-refractivity contribution in [2.75, 3.05) is 0 Å². The molecule has 0 amide bonds. The van der Waals surface area contributed by atoms with Gasteiger partial charge in [-0.1, -0.05) is 26.2 Å². The summed E-state index contributed by atoms with van der Waals surface area (Å²) in [6.45, 7) is 1.95. The predicted molar refractivity (Wildman–Crippen MR) is 46.8 cm³/mol. The first kappa shape index (κ1) is 10.6. The zero-order valence-electron chi connectivity index (χ0n) is 7.98. The molecule has 1 aliphatic carbocycles. The van der Waals surface area contributed by atoms with E-state index in [-0.39, 0.29) is 11.8 Å². The molecule has 3 heteroatoms. The topological polar surface area (TPSA) is 17.1 Å². The molecule has 13 heavy (non-hydrogen) atoms. The number of rotatable bonds is 3. The Kier molecular flexibility index (Phi) is 3.40. The summed E-state index contributed by atoms with van der Waals surface area (Å²) in [5.74, 6) is -0.885. The third-order valence-electron chi connectivity index (χ3n) is 2.91. The maximum Gasteiger partial charge on any atom is 0.296 e. The fourth-order valence-corrected chi connectivity index (χ4v) is 2.08. The molecule has 0 aromatic heterocycles. The second kappa shape index (κ2) is 4.16. The lowest BCUT2D eigenvalue weighted by Crippen LogP contribution is -2.26. The Balaban J connectivity index is 2.45. The Morgan fingerprint density at radius 3 is 2.31 bits per heavy atom. The Labute approximate surface area is 77.5 Å². The molecule has 76 valence electrons. The van der Waals surface area contributed by atoms with Crippen LogP contribution in [-0.2, 0) is 4.79 Å². The van der Waals surface area contributed by atoms with Crippen molar-refractivity contribution >= 4 is 5.78 Å². The fraction of sp³-hybridized carbons (Fsp3) is 0.900. The van der Waals surface area contributed by atoms with Crippen LogP contribution in [0, 0.1) is 5.41 Å². The van der Waals surface area contributed by atoms with Crippen LogP contribution in [0.5, 0.6) is 0 Å². The van der Waals surface area contributed by atoms with Crippen molar-refractivity contribution in [1.82, 2.24) is 0 Å². The highest BCUT2D eigenvalue weighted by Crippen LogP contribution is 2.39. The molecule has 1 nitrogen and oxygen atoms in total. The molecular formula is C10H16F2O. The standard InChI is InChI=1S/C10H16F2O/c1-10(5-3-2-4-6-10)7-8(13)9(11)12/h9H,2-7H2,1H3. The summed E-state index contributed by atoms with van der Waals surface area (Å²) in [4.78, 5) is 10.9. The molecular weight excluding hydrogens is 174 g/mol. The minimum atomic E-state index is -2.78. The number of carbonyl (C=O) groups is 1. The maximum atomic E-state index is 12.0. The smallest absolute Gasteiger partial charge is 0.293 e. The largest absolute Gasteiger partial charge is 0.296 e. The van der Waals surface area contributed by atoms with Gasteiger partial charge in [0.15, 0.2) is 5.78 Å². The molecule has 0 atom stereocenters. The van der Waals surface area contributed by atoms with Crippen molar-refractivity contribution in [3.63, 3.8) is 0 Å². The summed E-state index contributed by atoms with van der Waals surface area (Å²) in [6, 6.07) is 0. The highest BCUT2D eigenvalue weighted by Gasteiger charge is 2.31. The molecule has 1 aliphatic rings. The van der Waals surface area contributed by atoms with Crippen LogP contribution in [0.15, 0.2) is 0 Å². The van der Waals surface area contributed by atoms with Gasteiger partial charge in [0.05, 0.1) is 0 Å². The number of ketones is 1. The van der Waals surface area contributed by atoms with E-state index in [1.165, 1.54) is 6.42 Å². The molecule has 0 saturated heterocycles. The lowest BCUT2D eigenvalue weighted by molar-refractivity contribution is -0.132. The van der Waals surface area contributed by atoms with Crippen LogP contribution in [0.25, 0.3) is 0 Å². The number of Topliss-reactive ketones (excluding diaryl/α,β-unsaturated/α-hetero) is 1. The summed E-state index contributed by atoms with van der Waals surface area (Å²) in [5, 5.41) is 0. The van der Waals surface area contributed by atoms with E-state index in [4.69, 9.17) is 0 Å². The Morgan fingerprint density at radius 2 is 1.85 bits per heavy atom. The lowest BCUT2D eigenvalue weighted by Gasteiger charge is -2.32. The van der Waals surface area contributed by atoms with E-state index in [0.29, 0.717) is 0 Å². The van der Waals surface area contributed by atoms with Crippen LogP contribution in [0.4, 0.5) is 8.78 Å². The van der Waals surface area contributed by atoms with Crippen LogP contribution in [0.1, 0.15) is 45.4 Å². The van der Waals surface area contributed by atoms with Crippen LogP contribution < -0.4 is 0 Å². The van der Waals surface area contributed by atoms with Gasteiger partial charge in [-0.2, -0.15) is 0 Å². The van der Waals surface area contributed by atoms with E-state index in [0.717, 1.165) is 25.7 Å². The monoisotopic (exact) mass is 190 g/mol. The number of carbonyl (C=O) groups excluding carboxylic acids is 1. The molecule has 0 radical (unpaired) electrons. The van der Waals surface area contributed by atoms with E-state index in [1.54, 1.807) is 0 Å². The molecule has 0 aromatic rings. The maximum absolute atomic E-state index is 12.0. The summed E-state index contributed by atoms with van der Waals surface area (Å²) < 4.78 is 24.0. The van der Waals surface area contributed by atoms with Gasteiger partial charge in [0.25, 0.3) is 6.43 Å². The van der Waals surface area contributed by atoms with Crippen molar-refractivity contribution in [2.24, 2.45) is 5.41 Å². The van der Waals surface area contributed by atoms with Gasteiger partial charge < -0.3 is 0 Å². The summed E-state index contributed by atoms with van der Waals surface area (Å²) >= 11 is 0. The van der Waals surface area contributed by atoms with Gasteiger partial charge in [-0.05, 0) is 18.3 Å². The summed E-state index contributed by atoms with van der Waals surface area (Å²) in [5.41, 5.74) is -0.147. The first-order chi connectivity index (χ1) is 6.03. The quantitative estimate of drug-likeness (QED) is 0.668. The minimum Gasteiger partial charge on any atom is -0.293 e. The summed E-state index contributed by atoms with van der Waals surface area (Å²) in [6.07, 6.45) is 2.46. The minimum absolute atomic E-state index is 0.0602. The van der Waals surface area contributed by atoms with E-state index < -0.39 is 12.2 Å². The fourth-order valence-electron chi connectivity index (χ4n) is 2.08. The predicted octanol–water partition coefficient (Wildman–Crippen LogP) is 3.18. The molecule has 1 rings (SSSR count). The van der Waals surface area contributed by atoms with E-state index in [2.05, 4.69) is 0 Å².